The van der Waals surface area contributed by atoms with Crippen LogP contribution in [-0.4, -0.2) is 16.1 Å². The van der Waals surface area contributed by atoms with Crippen molar-refractivity contribution in [1.82, 2.24) is 14.9 Å². The molecule has 1 saturated carbocycles. The number of hydrogen-bond donors (Lipinski definition) is 1. The Morgan fingerprint density at radius 1 is 1.44 bits per heavy atom. The number of fused-ring (bicyclic) bond motifs is 1. The average molecular weight is 219 g/mol. The molecule has 0 spiro atoms. The van der Waals surface area contributed by atoms with Crippen molar-refractivity contribution < 1.29 is 0 Å². The maximum Gasteiger partial charge on any atom is 0.0954 e. The van der Waals surface area contributed by atoms with Crippen LogP contribution in [0.25, 0.3) is 0 Å². The van der Waals surface area contributed by atoms with Crippen LogP contribution in [0.1, 0.15) is 50.0 Å². The van der Waals surface area contributed by atoms with E-state index in [4.69, 9.17) is 0 Å². The Kier molecular flexibility index (Phi) is 2.72. The summed E-state index contributed by atoms with van der Waals surface area (Å²) in [6, 6.07) is 0.650. The minimum Gasteiger partial charge on any atom is -0.331 e. The van der Waals surface area contributed by atoms with Crippen molar-refractivity contribution >= 4 is 0 Å². The summed E-state index contributed by atoms with van der Waals surface area (Å²) in [6.45, 7) is 4.44. The molecule has 1 fully saturated rings. The van der Waals surface area contributed by atoms with Crippen molar-refractivity contribution in [2.24, 2.45) is 5.92 Å². The van der Waals surface area contributed by atoms with E-state index in [2.05, 4.69) is 28.1 Å². The standard InChI is InChI=1S/C13H21N3/c1-10(11-4-2-3-5-11)16-9-15-12-8-14-7-6-13(12)16/h9-11,14H,2-8H2,1H3. The van der Waals surface area contributed by atoms with E-state index in [9.17, 15) is 0 Å². The molecule has 16 heavy (non-hydrogen) atoms. The third-order valence-corrected chi connectivity index (χ3v) is 4.33. The summed E-state index contributed by atoms with van der Waals surface area (Å²) in [6.07, 6.45) is 8.88. The minimum absolute atomic E-state index is 0.650. The zero-order chi connectivity index (χ0) is 11.0. The molecule has 3 nitrogen and oxygen atoms in total. The largest absolute Gasteiger partial charge is 0.331 e. The van der Waals surface area contributed by atoms with Crippen molar-refractivity contribution in [3.63, 3.8) is 0 Å². The Morgan fingerprint density at radius 3 is 3.06 bits per heavy atom. The van der Waals surface area contributed by atoms with Crippen LogP contribution in [0, 0.1) is 5.92 Å². The maximum absolute atomic E-state index is 4.55. The lowest BCUT2D eigenvalue weighted by molar-refractivity contribution is 0.351. The fourth-order valence-corrected chi connectivity index (χ4v) is 3.28. The molecule has 2 heterocycles. The third kappa shape index (κ3) is 1.67. The summed E-state index contributed by atoms with van der Waals surface area (Å²) in [5.41, 5.74) is 2.76. The predicted molar refractivity (Wildman–Crippen MR) is 64.3 cm³/mol. The summed E-state index contributed by atoms with van der Waals surface area (Å²) >= 11 is 0. The summed E-state index contributed by atoms with van der Waals surface area (Å²) in [4.78, 5) is 4.55. The normalized spacial score (nSPS) is 23.3. The van der Waals surface area contributed by atoms with Gasteiger partial charge in [0.05, 0.1) is 12.0 Å². The molecule has 1 atom stereocenters. The number of aromatic nitrogens is 2. The van der Waals surface area contributed by atoms with E-state index in [1.165, 1.54) is 37.1 Å². The lowest BCUT2D eigenvalue weighted by atomic mass is 9.99. The van der Waals surface area contributed by atoms with Crippen LogP contribution in [0.4, 0.5) is 0 Å². The molecule has 1 unspecified atom stereocenters. The highest BCUT2D eigenvalue weighted by molar-refractivity contribution is 5.17. The Morgan fingerprint density at radius 2 is 2.25 bits per heavy atom. The summed E-state index contributed by atoms with van der Waals surface area (Å²) < 4.78 is 2.45. The summed E-state index contributed by atoms with van der Waals surface area (Å²) in [7, 11) is 0. The van der Waals surface area contributed by atoms with Crippen LogP contribution in [0.3, 0.4) is 0 Å². The van der Waals surface area contributed by atoms with Gasteiger partial charge in [-0.05, 0) is 25.7 Å². The van der Waals surface area contributed by atoms with Gasteiger partial charge in [0.25, 0.3) is 0 Å². The highest BCUT2D eigenvalue weighted by Gasteiger charge is 2.25. The first-order valence-electron chi connectivity index (χ1n) is 6.61. The van der Waals surface area contributed by atoms with Gasteiger partial charge in [0.2, 0.25) is 0 Å². The van der Waals surface area contributed by atoms with Gasteiger partial charge in [-0.15, -0.1) is 0 Å². The molecule has 0 aromatic carbocycles. The second-order valence-corrected chi connectivity index (χ2v) is 5.26. The van der Waals surface area contributed by atoms with Gasteiger partial charge in [0.15, 0.2) is 0 Å². The average Bonchev–Trinajstić information content (AvgIpc) is 2.98. The van der Waals surface area contributed by atoms with Gasteiger partial charge in [0.1, 0.15) is 0 Å². The number of nitrogens with one attached hydrogen (secondary N) is 1. The smallest absolute Gasteiger partial charge is 0.0954 e. The number of rotatable bonds is 2. The Balaban J connectivity index is 1.85. The van der Waals surface area contributed by atoms with Gasteiger partial charge in [-0.1, -0.05) is 12.8 Å². The number of nitrogens with zero attached hydrogens (tertiary/aromatic N) is 2. The summed E-state index contributed by atoms with van der Waals surface area (Å²) in [5.74, 6) is 0.883. The van der Waals surface area contributed by atoms with E-state index in [-0.39, 0.29) is 0 Å². The van der Waals surface area contributed by atoms with Crippen LogP contribution >= 0.6 is 0 Å². The van der Waals surface area contributed by atoms with Crippen LogP contribution in [0.2, 0.25) is 0 Å². The second kappa shape index (κ2) is 4.21. The van der Waals surface area contributed by atoms with Gasteiger partial charge < -0.3 is 9.88 Å². The molecule has 3 rings (SSSR count). The monoisotopic (exact) mass is 219 g/mol. The van der Waals surface area contributed by atoms with Crippen molar-refractivity contribution in [1.29, 1.82) is 0 Å². The molecule has 1 aliphatic heterocycles. The first-order valence-corrected chi connectivity index (χ1v) is 6.61. The Bertz CT molecular complexity index is 363. The lowest BCUT2D eigenvalue weighted by Crippen LogP contribution is -2.26. The van der Waals surface area contributed by atoms with Gasteiger partial charge in [-0.3, -0.25) is 0 Å². The quantitative estimate of drug-likeness (QED) is 0.827. The third-order valence-electron chi connectivity index (χ3n) is 4.33. The van der Waals surface area contributed by atoms with E-state index in [1.807, 2.05) is 0 Å². The van der Waals surface area contributed by atoms with Gasteiger partial charge >= 0.3 is 0 Å². The highest BCUT2D eigenvalue weighted by atomic mass is 15.1. The lowest BCUT2D eigenvalue weighted by Gasteiger charge is -2.24. The molecule has 0 radical (unpaired) electrons. The molecule has 3 heteroatoms. The maximum atomic E-state index is 4.55. The Labute approximate surface area is 97.3 Å². The molecular weight excluding hydrogens is 198 g/mol. The van der Waals surface area contributed by atoms with Gasteiger partial charge in [-0.2, -0.15) is 0 Å². The summed E-state index contributed by atoms with van der Waals surface area (Å²) in [5, 5.41) is 3.39. The van der Waals surface area contributed by atoms with Crippen LogP contribution < -0.4 is 5.32 Å². The molecule has 0 bridgehead atoms. The molecule has 2 aliphatic rings. The van der Waals surface area contributed by atoms with Crippen LogP contribution in [0.5, 0.6) is 0 Å². The minimum atomic E-state index is 0.650. The highest BCUT2D eigenvalue weighted by Crippen LogP contribution is 2.35. The van der Waals surface area contributed by atoms with E-state index >= 15 is 0 Å². The molecule has 1 N–H and O–H groups in total. The Hall–Kier alpha value is -0.830. The number of hydrogen-bond acceptors (Lipinski definition) is 2. The zero-order valence-electron chi connectivity index (χ0n) is 10.1. The molecule has 88 valence electrons. The van der Waals surface area contributed by atoms with E-state index in [1.54, 1.807) is 0 Å². The molecule has 1 aromatic rings. The van der Waals surface area contributed by atoms with E-state index in [0.29, 0.717) is 6.04 Å². The molecule has 0 saturated heterocycles. The second-order valence-electron chi connectivity index (χ2n) is 5.26. The van der Waals surface area contributed by atoms with Crippen LogP contribution in [0.15, 0.2) is 6.33 Å². The SMILES string of the molecule is CC(C1CCCC1)n1cnc2c1CCNC2. The van der Waals surface area contributed by atoms with Crippen molar-refractivity contribution in [3.05, 3.63) is 17.7 Å². The van der Waals surface area contributed by atoms with Gasteiger partial charge in [0, 0.05) is 31.2 Å². The molecule has 1 aromatic heterocycles. The molecule has 1 aliphatic carbocycles. The zero-order valence-corrected chi connectivity index (χ0v) is 10.1. The first-order chi connectivity index (χ1) is 7.86. The van der Waals surface area contributed by atoms with Crippen LogP contribution in [-0.2, 0) is 13.0 Å². The topological polar surface area (TPSA) is 29.9 Å². The number of imidazole rings is 1. The molecular formula is C13H21N3. The van der Waals surface area contributed by atoms with Crippen molar-refractivity contribution in [2.75, 3.05) is 6.54 Å². The fraction of sp³-hybridized carbons (Fsp3) is 0.769. The fourth-order valence-electron chi connectivity index (χ4n) is 3.28. The molecule has 0 amide bonds. The first kappa shape index (κ1) is 10.3. The van der Waals surface area contributed by atoms with Gasteiger partial charge in [-0.25, -0.2) is 4.98 Å². The van der Waals surface area contributed by atoms with E-state index in [0.717, 1.165) is 25.4 Å². The van der Waals surface area contributed by atoms with Crippen molar-refractivity contribution in [3.8, 4) is 0 Å². The predicted octanol–water partition coefficient (Wildman–Crippen LogP) is 2.28. The van der Waals surface area contributed by atoms with E-state index < -0.39 is 0 Å². The van der Waals surface area contributed by atoms with Crippen molar-refractivity contribution in [2.45, 2.75) is 51.6 Å².